The monoisotopic (exact) mass is 257 g/mol. The van der Waals surface area contributed by atoms with Crippen LogP contribution in [0.4, 0.5) is 11.5 Å². The van der Waals surface area contributed by atoms with E-state index in [9.17, 15) is 0 Å². The standard InChI is InChI=1S/C7H11N3O.C3H8N.CH6N2/c1-8-6-4-3-5-9-7(6)10(2)11;1-4(2)3;1-3-2/h3-5,8,11H,1-2H3;1H2,2-3H3;3H,2H2,1H3/q;+1;. The van der Waals surface area contributed by atoms with Crippen molar-refractivity contribution in [1.82, 2.24) is 10.4 Å². The molecule has 1 aromatic rings. The minimum absolute atomic E-state index is 0.523. The van der Waals surface area contributed by atoms with Gasteiger partial charge in [-0.15, -0.1) is 0 Å². The third kappa shape index (κ3) is 10.8. The van der Waals surface area contributed by atoms with Crippen LogP contribution in [0.25, 0.3) is 0 Å². The fourth-order valence-corrected chi connectivity index (χ4v) is 0.850. The fourth-order valence-electron chi connectivity index (χ4n) is 0.850. The highest BCUT2D eigenvalue weighted by atomic mass is 16.5. The second kappa shape index (κ2) is 11.8. The Bertz CT molecular complexity index is 325. The molecular weight excluding hydrogens is 232 g/mol. The molecule has 0 aliphatic rings. The smallest absolute Gasteiger partial charge is 0.175 e. The van der Waals surface area contributed by atoms with Crippen LogP contribution >= 0.6 is 0 Å². The van der Waals surface area contributed by atoms with E-state index in [1.807, 2.05) is 20.2 Å². The zero-order valence-electron chi connectivity index (χ0n) is 11.8. The van der Waals surface area contributed by atoms with Gasteiger partial charge < -0.3 is 5.32 Å². The van der Waals surface area contributed by atoms with E-state index < -0.39 is 0 Å². The van der Waals surface area contributed by atoms with Gasteiger partial charge in [-0.1, -0.05) is 0 Å². The third-order valence-electron chi connectivity index (χ3n) is 1.36. The Balaban J connectivity index is 0. The lowest BCUT2D eigenvalue weighted by Gasteiger charge is -2.12. The molecule has 0 saturated heterocycles. The van der Waals surface area contributed by atoms with Gasteiger partial charge in [0.25, 0.3) is 0 Å². The molecule has 0 fully saturated rings. The Hall–Kier alpha value is -1.70. The summed E-state index contributed by atoms with van der Waals surface area (Å²) in [7, 11) is 8.74. The Labute approximate surface area is 109 Å². The number of nitrogens with zero attached hydrogens (tertiary/aromatic N) is 3. The number of rotatable bonds is 2. The van der Waals surface area contributed by atoms with Crippen LogP contribution in [0.1, 0.15) is 0 Å². The van der Waals surface area contributed by atoms with Gasteiger partial charge in [-0.3, -0.25) is 16.5 Å². The Morgan fingerprint density at radius 1 is 1.44 bits per heavy atom. The van der Waals surface area contributed by atoms with Gasteiger partial charge in [-0.05, 0) is 19.2 Å². The summed E-state index contributed by atoms with van der Waals surface area (Å²) < 4.78 is 1.75. The minimum atomic E-state index is 0.523. The van der Waals surface area contributed by atoms with E-state index >= 15 is 0 Å². The summed E-state index contributed by atoms with van der Waals surface area (Å²) >= 11 is 0. The number of hydrogen-bond donors (Lipinski definition) is 4. The van der Waals surface area contributed by atoms with Gasteiger partial charge in [0.05, 0.1) is 5.69 Å². The average molecular weight is 257 g/mol. The first kappa shape index (κ1) is 18.7. The summed E-state index contributed by atoms with van der Waals surface area (Å²) in [4.78, 5) is 3.96. The van der Waals surface area contributed by atoms with Gasteiger partial charge in [0.1, 0.15) is 20.8 Å². The number of nitrogens with one attached hydrogen (secondary N) is 2. The summed E-state index contributed by atoms with van der Waals surface area (Å²) in [5.74, 6) is 5.12. The molecule has 0 saturated carbocycles. The molecule has 1 aromatic heterocycles. The molecule has 0 radical (unpaired) electrons. The van der Waals surface area contributed by atoms with Gasteiger partial charge >= 0.3 is 0 Å². The zero-order valence-corrected chi connectivity index (χ0v) is 11.8. The van der Waals surface area contributed by atoms with Gasteiger partial charge in [-0.25, -0.2) is 14.6 Å². The number of anilines is 2. The molecule has 7 heteroatoms. The number of hydrogen-bond acceptors (Lipinski definition) is 6. The second-order valence-electron chi connectivity index (χ2n) is 3.52. The van der Waals surface area contributed by atoms with E-state index in [2.05, 4.69) is 28.3 Å². The van der Waals surface area contributed by atoms with Crippen molar-refractivity contribution in [2.75, 3.05) is 45.6 Å². The predicted octanol–water partition coefficient (Wildman–Crippen LogP) is -0.0127. The SMILES string of the molecule is C=[N+](C)C.CNN.CNc1cccnc1N(C)O. The topological polar surface area (TPSA) is 89.5 Å². The van der Waals surface area contributed by atoms with Crippen LogP contribution in [-0.4, -0.2) is 56.7 Å². The molecule has 0 amide bonds. The second-order valence-corrected chi connectivity index (χ2v) is 3.52. The Morgan fingerprint density at radius 2 is 1.89 bits per heavy atom. The van der Waals surface area contributed by atoms with Crippen molar-refractivity contribution < 1.29 is 9.78 Å². The van der Waals surface area contributed by atoms with Crippen LogP contribution in [0.3, 0.4) is 0 Å². The maximum Gasteiger partial charge on any atom is 0.175 e. The molecule has 0 aliphatic carbocycles. The van der Waals surface area contributed by atoms with Crippen molar-refractivity contribution in [1.29, 1.82) is 0 Å². The summed E-state index contributed by atoms with van der Waals surface area (Å²) in [6.45, 7) is 3.47. The van der Waals surface area contributed by atoms with Crippen LogP contribution in [0.15, 0.2) is 18.3 Å². The highest BCUT2D eigenvalue weighted by Gasteiger charge is 2.02. The number of hydrazine groups is 1. The average Bonchev–Trinajstić information content (AvgIpc) is 2.29. The number of nitrogens with two attached hydrogens (primary N) is 1. The largest absolute Gasteiger partial charge is 0.385 e. The predicted molar refractivity (Wildman–Crippen MR) is 76.4 cm³/mol. The van der Waals surface area contributed by atoms with Crippen LogP contribution in [0.5, 0.6) is 0 Å². The molecule has 0 aromatic carbocycles. The van der Waals surface area contributed by atoms with E-state index in [4.69, 9.17) is 5.21 Å². The molecule has 0 aliphatic heterocycles. The van der Waals surface area contributed by atoms with E-state index in [-0.39, 0.29) is 0 Å². The van der Waals surface area contributed by atoms with Crippen molar-refractivity contribution >= 4 is 18.2 Å². The molecule has 0 unspecified atom stereocenters. The summed E-state index contributed by atoms with van der Waals surface area (Å²) in [5.41, 5.74) is 3.05. The molecule has 7 nitrogen and oxygen atoms in total. The third-order valence-corrected chi connectivity index (χ3v) is 1.36. The summed E-state index contributed by atoms with van der Waals surface area (Å²) in [6.07, 6.45) is 1.63. The van der Waals surface area contributed by atoms with Gasteiger partial charge in [0, 0.05) is 20.3 Å². The van der Waals surface area contributed by atoms with E-state index in [0.29, 0.717) is 5.82 Å². The van der Waals surface area contributed by atoms with Crippen LogP contribution in [0, 0.1) is 0 Å². The molecule has 0 atom stereocenters. The minimum Gasteiger partial charge on any atom is -0.385 e. The molecule has 0 bridgehead atoms. The Kier molecular flexibility index (Phi) is 12.2. The van der Waals surface area contributed by atoms with Gasteiger partial charge in [0.15, 0.2) is 5.82 Å². The highest BCUT2D eigenvalue weighted by molar-refractivity contribution is 5.63. The number of pyridine rings is 1. The molecule has 1 heterocycles. The lowest BCUT2D eigenvalue weighted by molar-refractivity contribution is -0.454. The number of aromatic nitrogens is 1. The highest BCUT2D eigenvalue weighted by Crippen LogP contribution is 2.18. The lowest BCUT2D eigenvalue weighted by atomic mass is 10.4. The van der Waals surface area contributed by atoms with Gasteiger partial charge in [0.2, 0.25) is 0 Å². The molecular formula is C11H25N6O+. The first-order valence-corrected chi connectivity index (χ1v) is 5.31. The zero-order chi connectivity index (χ0) is 14.6. The van der Waals surface area contributed by atoms with Gasteiger partial charge in [-0.2, -0.15) is 0 Å². The van der Waals surface area contributed by atoms with E-state index in [1.165, 1.54) is 7.05 Å². The van der Waals surface area contributed by atoms with Crippen molar-refractivity contribution in [3.63, 3.8) is 0 Å². The maximum absolute atomic E-state index is 9.07. The normalized spacial score (nSPS) is 8.17. The molecule has 0 spiro atoms. The van der Waals surface area contributed by atoms with Crippen molar-refractivity contribution in [2.45, 2.75) is 0 Å². The maximum atomic E-state index is 9.07. The number of hydroxylamine groups is 1. The summed E-state index contributed by atoms with van der Waals surface area (Å²) in [6, 6.07) is 3.65. The van der Waals surface area contributed by atoms with E-state index in [0.717, 1.165) is 10.8 Å². The molecule has 5 N–H and O–H groups in total. The van der Waals surface area contributed by atoms with Crippen LogP contribution < -0.4 is 21.6 Å². The van der Waals surface area contributed by atoms with Crippen molar-refractivity contribution in [3.8, 4) is 0 Å². The molecule has 18 heavy (non-hydrogen) atoms. The van der Waals surface area contributed by atoms with E-state index in [1.54, 1.807) is 30.9 Å². The lowest BCUT2D eigenvalue weighted by Crippen LogP contribution is -2.13. The van der Waals surface area contributed by atoms with Crippen molar-refractivity contribution in [2.24, 2.45) is 5.84 Å². The summed E-state index contributed by atoms with van der Waals surface area (Å²) in [5, 5.41) is 13.0. The molecule has 104 valence electrons. The molecule has 1 rings (SSSR count). The van der Waals surface area contributed by atoms with Crippen molar-refractivity contribution in [3.05, 3.63) is 18.3 Å². The van der Waals surface area contributed by atoms with Crippen LogP contribution in [-0.2, 0) is 0 Å². The van der Waals surface area contributed by atoms with Crippen LogP contribution in [0.2, 0.25) is 0 Å². The first-order valence-electron chi connectivity index (χ1n) is 5.31. The quantitative estimate of drug-likeness (QED) is 0.258. The fraction of sp³-hybridized carbons (Fsp3) is 0.455. The first-order chi connectivity index (χ1) is 8.40. The Morgan fingerprint density at radius 3 is 2.17 bits per heavy atom.